The number of hydrogen-bond donors (Lipinski definition) is 1. The van der Waals surface area contributed by atoms with Gasteiger partial charge in [-0.05, 0) is 22.0 Å². The Morgan fingerprint density at radius 2 is 2.36 bits per heavy atom. The highest BCUT2D eigenvalue weighted by molar-refractivity contribution is 9.10. The molecule has 0 aliphatic carbocycles. The van der Waals surface area contributed by atoms with E-state index < -0.39 is 0 Å². The van der Waals surface area contributed by atoms with Gasteiger partial charge in [0.25, 0.3) is 0 Å². The van der Waals surface area contributed by atoms with Gasteiger partial charge < -0.3 is 4.90 Å². The molecule has 3 nitrogen and oxygen atoms in total. The molecule has 1 amide bonds. The van der Waals surface area contributed by atoms with E-state index >= 15 is 0 Å². The van der Waals surface area contributed by atoms with Gasteiger partial charge in [0.2, 0.25) is 5.91 Å². The Morgan fingerprint density at radius 3 is 2.93 bits per heavy atom. The summed E-state index contributed by atoms with van der Waals surface area (Å²) in [6.45, 7) is 0.667. The maximum Gasteiger partial charge on any atom is 0.228 e. The minimum Gasteiger partial charge on any atom is -0.310 e. The van der Waals surface area contributed by atoms with E-state index in [4.69, 9.17) is 0 Å². The molecule has 1 aromatic heterocycles. The SMILES string of the molecule is O=C1CC(S)CN1c1cncc(Br)c1. The van der Waals surface area contributed by atoms with Crippen molar-refractivity contribution in [2.24, 2.45) is 0 Å². The number of rotatable bonds is 1. The number of thiol groups is 1. The lowest BCUT2D eigenvalue weighted by atomic mass is 10.4. The van der Waals surface area contributed by atoms with Crippen LogP contribution in [0.2, 0.25) is 0 Å². The van der Waals surface area contributed by atoms with Crippen LogP contribution in [0.1, 0.15) is 6.42 Å². The Morgan fingerprint density at radius 1 is 1.57 bits per heavy atom. The summed E-state index contributed by atoms with van der Waals surface area (Å²) >= 11 is 7.62. The molecular formula is C9H9BrN2OS. The molecule has 0 N–H and O–H groups in total. The lowest BCUT2D eigenvalue weighted by Gasteiger charge is -2.15. The maximum atomic E-state index is 11.5. The Kier molecular flexibility index (Phi) is 2.78. The summed E-state index contributed by atoms with van der Waals surface area (Å²) in [6.07, 6.45) is 3.90. The van der Waals surface area contributed by atoms with Crippen molar-refractivity contribution in [1.29, 1.82) is 0 Å². The number of amides is 1. The molecule has 0 spiro atoms. The van der Waals surface area contributed by atoms with Crippen molar-refractivity contribution in [1.82, 2.24) is 4.98 Å². The minimum absolute atomic E-state index is 0.116. The Bertz CT molecular complexity index is 372. The third-order valence-corrected chi connectivity index (χ3v) is 2.89. The van der Waals surface area contributed by atoms with Crippen LogP contribution in [0.4, 0.5) is 5.69 Å². The molecule has 0 saturated carbocycles. The van der Waals surface area contributed by atoms with Crippen molar-refractivity contribution in [3.05, 3.63) is 22.9 Å². The van der Waals surface area contributed by atoms with Crippen LogP contribution >= 0.6 is 28.6 Å². The first kappa shape index (κ1) is 9.98. The summed E-state index contributed by atoms with van der Waals surface area (Å²) in [5, 5.41) is 0.140. The summed E-state index contributed by atoms with van der Waals surface area (Å²) in [7, 11) is 0. The van der Waals surface area contributed by atoms with Crippen molar-refractivity contribution >= 4 is 40.2 Å². The van der Waals surface area contributed by atoms with Crippen molar-refractivity contribution < 1.29 is 4.79 Å². The molecule has 0 radical (unpaired) electrons. The smallest absolute Gasteiger partial charge is 0.228 e. The predicted octanol–water partition coefficient (Wildman–Crippen LogP) is 1.88. The van der Waals surface area contributed by atoms with Crippen LogP contribution in [-0.2, 0) is 4.79 Å². The first-order valence-electron chi connectivity index (χ1n) is 4.26. The van der Waals surface area contributed by atoms with Crippen LogP contribution in [0, 0.1) is 0 Å². The van der Waals surface area contributed by atoms with E-state index in [1.165, 1.54) is 0 Å². The second kappa shape index (κ2) is 3.90. The molecule has 1 aliphatic rings. The normalized spacial score (nSPS) is 21.7. The summed E-state index contributed by atoms with van der Waals surface area (Å²) < 4.78 is 0.880. The van der Waals surface area contributed by atoms with Gasteiger partial charge in [-0.1, -0.05) is 0 Å². The van der Waals surface area contributed by atoms with Crippen molar-refractivity contribution in [2.45, 2.75) is 11.7 Å². The lowest BCUT2D eigenvalue weighted by molar-refractivity contribution is -0.117. The molecular weight excluding hydrogens is 264 g/mol. The number of hydrogen-bond acceptors (Lipinski definition) is 3. The summed E-state index contributed by atoms with van der Waals surface area (Å²) in [5.74, 6) is 0.116. The van der Waals surface area contributed by atoms with Gasteiger partial charge in [-0.15, -0.1) is 0 Å². The number of nitrogens with zero attached hydrogens (tertiary/aromatic N) is 2. The highest BCUT2D eigenvalue weighted by Crippen LogP contribution is 2.25. The third kappa shape index (κ3) is 1.93. The number of anilines is 1. The highest BCUT2D eigenvalue weighted by atomic mass is 79.9. The molecule has 1 saturated heterocycles. The van der Waals surface area contributed by atoms with E-state index in [0.29, 0.717) is 13.0 Å². The first-order chi connectivity index (χ1) is 6.66. The second-order valence-corrected chi connectivity index (χ2v) is 4.87. The molecule has 74 valence electrons. The van der Waals surface area contributed by atoms with Gasteiger partial charge in [0.05, 0.1) is 11.9 Å². The molecule has 2 rings (SSSR count). The number of aromatic nitrogens is 1. The van der Waals surface area contributed by atoms with Gasteiger partial charge in [0, 0.05) is 28.9 Å². The molecule has 5 heteroatoms. The topological polar surface area (TPSA) is 33.2 Å². The Balaban J connectivity index is 2.27. The molecule has 0 bridgehead atoms. The molecule has 1 aliphatic heterocycles. The van der Waals surface area contributed by atoms with Crippen LogP contribution < -0.4 is 4.90 Å². The molecule has 1 atom stereocenters. The van der Waals surface area contributed by atoms with Gasteiger partial charge in [0.15, 0.2) is 0 Å². The van der Waals surface area contributed by atoms with Crippen LogP contribution in [0.25, 0.3) is 0 Å². The van der Waals surface area contributed by atoms with E-state index in [-0.39, 0.29) is 11.2 Å². The standard InChI is InChI=1S/C9H9BrN2OS/c10-6-1-7(4-11-3-6)12-5-8(14)2-9(12)13/h1,3-4,8,14H,2,5H2. The van der Waals surface area contributed by atoms with Crippen molar-refractivity contribution in [3.63, 3.8) is 0 Å². The van der Waals surface area contributed by atoms with Gasteiger partial charge in [0.1, 0.15) is 0 Å². The quantitative estimate of drug-likeness (QED) is 0.792. The average Bonchev–Trinajstić information content (AvgIpc) is 2.45. The molecule has 2 heterocycles. The largest absolute Gasteiger partial charge is 0.310 e. The fraction of sp³-hybridized carbons (Fsp3) is 0.333. The van der Waals surface area contributed by atoms with Gasteiger partial charge in [-0.25, -0.2) is 0 Å². The van der Waals surface area contributed by atoms with E-state index in [1.54, 1.807) is 17.3 Å². The maximum absolute atomic E-state index is 11.5. The van der Waals surface area contributed by atoms with Crippen LogP contribution in [0.3, 0.4) is 0 Å². The minimum atomic E-state index is 0.116. The van der Waals surface area contributed by atoms with E-state index in [1.807, 2.05) is 6.07 Å². The Labute approximate surface area is 96.0 Å². The zero-order valence-corrected chi connectivity index (χ0v) is 9.83. The zero-order chi connectivity index (χ0) is 10.1. The van der Waals surface area contributed by atoms with Gasteiger partial charge in [-0.3, -0.25) is 9.78 Å². The fourth-order valence-electron chi connectivity index (χ4n) is 1.49. The summed E-state index contributed by atoms with van der Waals surface area (Å²) in [4.78, 5) is 17.3. The van der Waals surface area contributed by atoms with Crippen LogP contribution in [0.5, 0.6) is 0 Å². The fourth-order valence-corrected chi connectivity index (χ4v) is 2.16. The molecule has 1 aromatic rings. The number of carbonyl (C=O) groups is 1. The van der Waals surface area contributed by atoms with E-state index in [9.17, 15) is 4.79 Å². The third-order valence-electron chi connectivity index (χ3n) is 2.11. The molecule has 14 heavy (non-hydrogen) atoms. The van der Waals surface area contributed by atoms with Crippen LogP contribution in [-0.4, -0.2) is 22.7 Å². The molecule has 0 aromatic carbocycles. The second-order valence-electron chi connectivity index (χ2n) is 3.22. The zero-order valence-electron chi connectivity index (χ0n) is 7.35. The van der Waals surface area contributed by atoms with Gasteiger partial charge >= 0.3 is 0 Å². The highest BCUT2D eigenvalue weighted by Gasteiger charge is 2.28. The Hall–Kier alpha value is -0.550. The molecule has 1 fully saturated rings. The van der Waals surface area contributed by atoms with Gasteiger partial charge in [-0.2, -0.15) is 12.6 Å². The number of pyridine rings is 1. The van der Waals surface area contributed by atoms with Crippen LogP contribution in [0.15, 0.2) is 22.9 Å². The number of halogens is 1. The first-order valence-corrected chi connectivity index (χ1v) is 5.57. The van der Waals surface area contributed by atoms with E-state index in [0.717, 1.165) is 10.2 Å². The lowest BCUT2D eigenvalue weighted by Crippen LogP contribution is -2.24. The van der Waals surface area contributed by atoms with Crippen molar-refractivity contribution in [2.75, 3.05) is 11.4 Å². The predicted molar refractivity (Wildman–Crippen MR) is 61.7 cm³/mol. The summed E-state index contributed by atoms with van der Waals surface area (Å²) in [6, 6.07) is 1.89. The number of carbonyl (C=O) groups excluding carboxylic acids is 1. The van der Waals surface area contributed by atoms with E-state index in [2.05, 4.69) is 33.5 Å². The molecule has 1 unspecified atom stereocenters. The monoisotopic (exact) mass is 272 g/mol. The summed E-state index contributed by atoms with van der Waals surface area (Å²) in [5.41, 5.74) is 0.834. The average molecular weight is 273 g/mol. The van der Waals surface area contributed by atoms with Crippen molar-refractivity contribution in [3.8, 4) is 0 Å².